The Morgan fingerprint density at radius 3 is 1.44 bits per heavy atom. The zero-order valence-electron chi connectivity index (χ0n) is 46.8. The van der Waals surface area contributed by atoms with Crippen LogP contribution in [0.5, 0.6) is 11.5 Å². The lowest BCUT2D eigenvalue weighted by molar-refractivity contribution is -0.135. The monoisotopic (exact) mass is 1120 g/mol. The summed E-state index contributed by atoms with van der Waals surface area (Å²) in [5.74, 6) is -0.0841. The number of aryl methyl sites for hydroxylation is 1. The summed E-state index contributed by atoms with van der Waals surface area (Å²) in [6, 6.07) is 12.5. The Kier molecular flexibility index (Phi) is 33.0. The summed E-state index contributed by atoms with van der Waals surface area (Å²) in [5, 5.41) is 0. The molecule has 18 heteroatoms. The largest absolute Gasteiger partial charge is 0.484 e. The predicted octanol–water partition coefficient (Wildman–Crippen LogP) is 15.9. The van der Waals surface area contributed by atoms with Crippen LogP contribution in [-0.4, -0.2) is 39.1 Å². The SMILES string of the molecule is CCCCCCCC/C=C\CCCCCCCC(=O)Oc1ccc(COP(=O)(OCc2ccc(OC(=O)CCCCCCC/C=C\CCCCCCCC)cc2)OP(=O)(O)OC[C@@H]2C=C[C@H](n3cc(C)c(=O)[nH]c3=O)O2)cc1. The molecule has 78 heavy (non-hydrogen) atoms. The number of nitrogens with zero attached hydrogens (tertiary/aromatic N) is 1. The Morgan fingerprint density at radius 1 is 0.590 bits per heavy atom. The predicted molar refractivity (Wildman–Crippen MR) is 306 cm³/mol. The number of esters is 2. The van der Waals surface area contributed by atoms with E-state index >= 15 is 0 Å². The first-order valence-corrected chi connectivity index (χ1v) is 31.9. The van der Waals surface area contributed by atoms with Crippen molar-refractivity contribution in [2.24, 2.45) is 0 Å². The number of unbranched alkanes of at least 4 members (excludes halogenated alkanes) is 22. The van der Waals surface area contributed by atoms with Gasteiger partial charge in [0.15, 0.2) is 6.23 Å². The molecule has 1 aromatic heterocycles. The molecule has 434 valence electrons. The topological polar surface area (TPSA) is 208 Å². The number of nitrogens with one attached hydrogen (secondary N) is 1. The van der Waals surface area contributed by atoms with Crippen LogP contribution in [0.15, 0.2) is 101 Å². The molecule has 16 nitrogen and oxygen atoms in total. The molecule has 0 bridgehead atoms. The number of ether oxygens (including phenoxy) is 3. The number of H-pyrrole nitrogens is 1. The van der Waals surface area contributed by atoms with Crippen molar-refractivity contribution >= 4 is 27.6 Å². The number of aromatic nitrogens is 2. The lowest BCUT2D eigenvalue weighted by Gasteiger charge is -2.22. The molecule has 0 aliphatic carbocycles. The van der Waals surface area contributed by atoms with Gasteiger partial charge in [-0.15, -0.1) is 0 Å². The lowest BCUT2D eigenvalue weighted by Crippen LogP contribution is -2.33. The van der Waals surface area contributed by atoms with E-state index in [0.717, 1.165) is 94.5 Å². The normalized spacial score (nSPS) is 15.4. The van der Waals surface area contributed by atoms with E-state index in [1.165, 1.54) is 102 Å². The maximum absolute atomic E-state index is 14.2. The van der Waals surface area contributed by atoms with E-state index in [1.54, 1.807) is 48.5 Å². The Hall–Kier alpha value is -4.50. The summed E-state index contributed by atoms with van der Waals surface area (Å²) < 4.78 is 67.0. The summed E-state index contributed by atoms with van der Waals surface area (Å²) in [5.41, 5.74) is -0.0893. The quantitative estimate of drug-likeness (QED) is 0.0178. The van der Waals surface area contributed by atoms with Crippen LogP contribution in [0.3, 0.4) is 0 Å². The minimum absolute atomic E-state index is 0.271. The molecule has 0 spiro atoms. The van der Waals surface area contributed by atoms with Crippen LogP contribution >= 0.6 is 15.6 Å². The second-order valence-electron chi connectivity index (χ2n) is 20.2. The van der Waals surface area contributed by atoms with Crippen LogP contribution in [0.1, 0.15) is 217 Å². The van der Waals surface area contributed by atoms with Crippen LogP contribution < -0.4 is 20.7 Å². The Labute approximate surface area is 464 Å². The molecule has 4 rings (SSSR count). The van der Waals surface area contributed by atoms with Gasteiger partial charge in [-0.05, 0) is 113 Å². The van der Waals surface area contributed by atoms with Crippen molar-refractivity contribution in [3.63, 3.8) is 0 Å². The molecule has 1 aliphatic heterocycles. The number of rotatable bonds is 44. The van der Waals surface area contributed by atoms with Crippen LogP contribution in [0, 0.1) is 6.92 Å². The highest BCUT2D eigenvalue weighted by Gasteiger charge is 2.39. The van der Waals surface area contributed by atoms with Crippen molar-refractivity contribution in [1.82, 2.24) is 9.55 Å². The molecular formula is C60H90N2O14P2. The standard InChI is InChI=1S/C60H90N2O14P2/c1-4-6-8-10-12-14-16-18-20-22-24-26-28-30-32-34-57(63)74-53-40-36-51(37-41-53)47-71-78(69,76-77(67,68)70-49-55-44-45-56(73-55)62-46-50(3)59(65)61-60(62)66)72-48-52-38-42-54(43-39-52)75-58(64)35-33-31-29-27-25-23-21-19-17-15-13-11-9-7-5-2/h18-21,36-46,55-56H,4-17,22-35,47-49H2,1-3H3,(H,67,68)(H,61,65,66)/b20-18-,21-19-/t55-,56+/m0/s1. The van der Waals surface area contributed by atoms with Gasteiger partial charge in [-0.25, -0.2) is 13.9 Å². The van der Waals surface area contributed by atoms with Crippen molar-refractivity contribution in [2.45, 2.75) is 226 Å². The van der Waals surface area contributed by atoms with E-state index < -0.39 is 59.0 Å². The molecule has 2 aromatic carbocycles. The molecule has 1 unspecified atom stereocenters. The highest BCUT2D eigenvalue weighted by molar-refractivity contribution is 7.61. The maximum atomic E-state index is 14.2. The van der Waals surface area contributed by atoms with E-state index in [0.29, 0.717) is 22.6 Å². The molecule has 2 heterocycles. The van der Waals surface area contributed by atoms with Gasteiger partial charge in [0.05, 0.1) is 19.8 Å². The fraction of sp³-hybridized carbons (Fsp3) is 0.600. The van der Waals surface area contributed by atoms with Gasteiger partial charge < -0.3 is 19.1 Å². The number of hydrogen-bond donors (Lipinski definition) is 2. The minimum atomic E-state index is -5.19. The van der Waals surface area contributed by atoms with Gasteiger partial charge in [0, 0.05) is 24.6 Å². The third-order valence-corrected chi connectivity index (χ3v) is 16.2. The molecule has 1 aliphatic rings. The first-order chi connectivity index (χ1) is 37.8. The number of benzene rings is 2. The Balaban J connectivity index is 1.22. The summed E-state index contributed by atoms with van der Waals surface area (Å²) in [7, 11) is -10.1. The van der Waals surface area contributed by atoms with E-state index in [4.69, 9.17) is 32.1 Å². The number of aromatic amines is 1. The summed E-state index contributed by atoms with van der Waals surface area (Å²) in [6.07, 6.45) is 42.4. The second-order valence-corrected chi connectivity index (χ2v) is 23.4. The van der Waals surface area contributed by atoms with E-state index in [9.17, 15) is 33.2 Å². The molecule has 0 saturated heterocycles. The molecular weight excluding hydrogens is 1030 g/mol. The van der Waals surface area contributed by atoms with Gasteiger partial charge in [0.2, 0.25) is 0 Å². The molecule has 0 amide bonds. The number of phosphoric ester groups is 2. The lowest BCUT2D eigenvalue weighted by atomic mass is 10.1. The molecule has 3 atom stereocenters. The zero-order chi connectivity index (χ0) is 56.1. The number of allylic oxidation sites excluding steroid dienone is 4. The van der Waals surface area contributed by atoms with Crippen molar-refractivity contribution in [3.05, 3.63) is 129 Å². The molecule has 0 radical (unpaired) electrons. The number of carbonyl (C=O) groups excluding carboxylic acids is 2. The van der Waals surface area contributed by atoms with Gasteiger partial charge in [-0.1, -0.05) is 171 Å². The van der Waals surface area contributed by atoms with Crippen molar-refractivity contribution in [1.29, 1.82) is 0 Å². The van der Waals surface area contributed by atoms with Crippen LogP contribution in [0.2, 0.25) is 0 Å². The Bertz CT molecular complexity index is 2360. The summed E-state index contributed by atoms with van der Waals surface area (Å²) in [4.78, 5) is 62.5. The molecule has 2 N–H and O–H groups in total. The number of phosphoric acid groups is 2. The first kappa shape index (κ1) is 66.0. The smallest absolute Gasteiger partial charge is 0.427 e. The van der Waals surface area contributed by atoms with Gasteiger partial charge in [0.1, 0.15) is 17.6 Å². The highest BCUT2D eigenvalue weighted by atomic mass is 31.3. The maximum Gasteiger partial charge on any atom is 0.484 e. The summed E-state index contributed by atoms with van der Waals surface area (Å²) in [6.45, 7) is 4.63. The van der Waals surface area contributed by atoms with Gasteiger partial charge >= 0.3 is 33.3 Å². The van der Waals surface area contributed by atoms with Crippen LogP contribution in [0.25, 0.3) is 0 Å². The summed E-state index contributed by atoms with van der Waals surface area (Å²) >= 11 is 0. The van der Waals surface area contributed by atoms with Crippen molar-refractivity contribution in [2.75, 3.05) is 6.61 Å². The molecule has 0 fully saturated rings. The minimum Gasteiger partial charge on any atom is -0.427 e. The van der Waals surface area contributed by atoms with E-state index in [1.807, 2.05) is 0 Å². The van der Waals surface area contributed by atoms with Crippen LogP contribution in [-0.2, 0) is 54.6 Å². The Morgan fingerprint density at radius 2 is 1.00 bits per heavy atom. The molecule has 3 aromatic rings. The molecule has 0 saturated carbocycles. The number of hydrogen-bond acceptors (Lipinski definition) is 13. The first-order valence-electron chi connectivity index (χ1n) is 28.9. The van der Waals surface area contributed by atoms with E-state index in [2.05, 4.69) is 43.1 Å². The average Bonchev–Trinajstić information content (AvgIpc) is 3.91. The average molecular weight is 1130 g/mol. The van der Waals surface area contributed by atoms with Crippen LogP contribution in [0.4, 0.5) is 0 Å². The fourth-order valence-corrected chi connectivity index (χ4v) is 11.2. The van der Waals surface area contributed by atoms with Crippen molar-refractivity contribution in [3.8, 4) is 11.5 Å². The van der Waals surface area contributed by atoms with E-state index in [-0.39, 0.29) is 30.3 Å². The van der Waals surface area contributed by atoms with Gasteiger partial charge in [-0.2, -0.15) is 4.31 Å². The van der Waals surface area contributed by atoms with Crippen molar-refractivity contribution < 1.29 is 55.7 Å². The highest BCUT2D eigenvalue weighted by Crippen LogP contribution is 2.64. The fourth-order valence-electron chi connectivity index (χ4n) is 8.58. The third-order valence-electron chi connectivity index (χ3n) is 13.2. The van der Waals surface area contributed by atoms with Gasteiger partial charge in [-0.3, -0.25) is 37.5 Å². The zero-order valence-corrected chi connectivity index (χ0v) is 48.6. The second kappa shape index (κ2) is 39.0. The third kappa shape index (κ3) is 29.1. The van der Waals surface area contributed by atoms with Gasteiger partial charge in [0.25, 0.3) is 5.56 Å². The number of carbonyl (C=O) groups is 2.